The topological polar surface area (TPSA) is 101 Å². The molecular formula is C14H12N2O5. The van der Waals surface area contributed by atoms with Gasteiger partial charge in [-0.3, -0.25) is 14.3 Å². The fraction of sp³-hybridized carbons (Fsp3) is 0.214. The van der Waals surface area contributed by atoms with Crippen LogP contribution in [0.5, 0.6) is 5.75 Å². The maximum atomic E-state index is 12.0. The molecule has 1 aliphatic heterocycles. The number of hydrogen-bond acceptors (Lipinski definition) is 4. The highest BCUT2D eigenvalue weighted by Gasteiger charge is 2.25. The molecule has 1 aromatic carbocycles. The zero-order chi connectivity index (χ0) is 15.0. The lowest BCUT2D eigenvalue weighted by molar-refractivity contribution is 0.0693. The number of carboxylic acids is 1. The Morgan fingerprint density at radius 3 is 2.86 bits per heavy atom. The van der Waals surface area contributed by atoms with Crippen LogP contribution in [0.3, 0.4) is 0 Å². The fourth-order valence-corrected chi connectivity index (χ4v) is 2.48. The van der Waals surface area contributed by atoms with Gasteiger partial charge in [-0.25, -0.2) is 9.59 Å². The number of fused-ring (bicyclic) bond motifs is 1. The van der Waals surface area contributed by atoms with Gasteiger partial charge in [-0.15, -0.1) is 0 Å². The Balaban J connectivity index is 2.18. The number of aromatic carboxylic acids is 1. The van der Waals surface area contributed by atoms with Crippen molar-refractivity contribution in [3.05, 3.63) is 62.4 Å². The van der Waals surface area contributed by atoms with E-state index in [1.807, 2.05) is 23.2 Å². The molecule has 2 heterocycles. The molecule has 2 aromatic rings. The SMILES string of the molecule is O=C(O)c1cn(C2CCOc3ccccc32)c(=O)[nH]c1=O. The molecule has 1 aromatic heterocycles. The molecule has 0 amide bonds. The van der Waals surface area contributed by atoms with Crippen LogP contribution in [0.25, 0.3) is 0 Å². The van der Waals surface area contributed by atoms with Crippen molar-refractivity contribution in [2.45, 2.75) is 12.5 Å². The van der Waals surface area contributed by atoms with Crippen LogP contribution in [0.4, 0.5) is 0 Å². The Morgan fingerprint density at radius 1 is 1.33 bits per heavy atom. The third-order valence-electron chi connectivity index (χ3n) is 3.46. The van der Waals surface area contributed by atoms with Crippen LogP contribution in [0.15, 0.2) is 40.1 Å². The average molecular weight is 288 g/mol. The molecule has 1 aliphatic rings. The summed E-state index contributed by atoms with van der Waals surface area (Å²) in [5.41, 5.74) is -1.20. The second-order valence-corrected chi connectivity index (χ2v) is 4.71. The summed E-state index contributed by atoms with van der Waals surface area (Å²) in [6.07, 6.45) is 1.61. The number of ether oxygens (including phenoxy) is 1. The summed E-state index contributed by atoms with van der Waals surface area (Å²) in [4.78, 5) is 36.6. The quantitative estimate of drug-likeness (QED) is 0.843. The van der Waals surface area contributed by atoms with Crippen molar-refractivity contribution in [3.63, 3.8) is 0 Å². The van der Waals surface area contributed by atoms with Crippen molar-refractivity contribution < 1.29 is 14.6 Å². The highest BCUT2D eigenvalue weighted by molar-refractivity contribution is 5.86. The fourth-order valence-electron chi connectivity index (χ4n) is 2.48. The van der Waals surface area contributed by atoms with E-state index in [4.69, 9.17) is 9.84 Å². The van der Waals surface area contributed by atoms with Gasteiger partial charge in [0, 0.05) is 18.2 Å². The Bertz CT molecular complexity index is 821. The Kier molecular flexibility index (Phi) is 3.09. The molecule has 0 saturated carbocycles. The van der Waals surface area contributed by atoms with Gasteiger partial charge in [0.05, 0.1) is 12.6 Å². The van der Waals surface area contributed by atoms with Gasteiger partial charge in [0.15, 0.2) is 0 Å². The van der Waals surface area contributed by atoms with E-state index in [0.717, 1.165) is 11.8 Å². The molecule has 0 fully saturated rings. The molecular weight excluding hydrogens is 276 g/mol. The zero-order valence-corrected chi connectivity index (χ0v) is 10.9. The summed E-state index contributed by atoms with van der Waals surface area (Å²) in [5, 5.41) is 9.01. The van der Waals surface area contributed by atoms with E-state index in [9.17, 15) is 14.4 Å². The number of rotatable bonds is 2. The van der Waals surface area contributed by atoms with Crippen LogP contribution < -0.4 is 16.0 Å². The molecule has 21 heavy (non-hydrogen) atoms. The maximum Gasteiger partial charge on any atom is 0.342 e. The number of aromatic amines is 1. The predicted octanol–water partition coefficient (Wildman–Crippen LogP) is 0.607. The normalized spacial score (nSPS) is 16.9. The summed E-state index contributed by atoms with van der Waals surface area (Å²) >= 11 is 0. The van der Waals surface area contributed by atoms with E-state index in [1.54, 1.807) is 6.07 Å². The summed E-state index contributed by atoms with van der Waals surface area (Å²) < 4.78 is 6.76. The number of carboxylic acid groups (broad SMARTS) is 1. The number of carbonyl (C=O) groups is 1. The number of nitrogens with one attached hydrogen (secondary N) is 1. The number of H-pyrrole nitrogens is 1. The van der Waals surface area contributed by atoms with Crippen LogP contribution in [-0.2, 0) is 0 Å². The van der Waals surface area contributed by atoms with Crippen LogP contribution in [0.2, 0.25) is 0 Å². The minimum absolute atomic E-state index is 0.364. The monoisotopic (exact) mass is 288 g/mol. The molecule has 1 atom stereocenters. The average Bonchev–Trinajstić information content (AvgIpc) is 2.46. The highest BCUT2D eigenvalue weighted by atomic mass is 16.5. The number of aromatic nitrogens is 2. The molecule has 0 radical (unpaired) electrons. The molecule has 0 saturated heterocycles. The number of para-hydroxylation sites is 1. The van der Waals surface area contributed by atoms with Gasteiger partial charge < -0.3 is 9.84 Å². The molecule has 0 aliphatic carbocycles. The van der Waals surface area contributed by atoms with E-state index in [-0.39, 0.29) is 6.04 Å². The lowest BCUT2D eigenvalue weighted by atomic mass is 10.0. The summed E-state index contributed by atoms with van der Waals surface area (Å²) in [6.45, 7) is 0.412. The molecule has 7 nitrogen and oxygen atoms in total. The lowest BCUT2D eigenvalue weighted by Gasteiger charge is -2.27. The first-order chi connectivity index (χ1) is 10.1. The van der Waals surface area contributed by atoms with Gasteiger partial charge in [-0.2, -0.15) is 0 Å². The van der Waals surface area contributed by atoms with E-state index < -0.39 is 22.8 Å². The smallest absolute Gasteiger partial charge is 0.342 e. The lowest BCUT2D eigenvalue weighted by Crippen LogP contribution is -2.37. The van der Waals surface area contributed by atoms with Crippen molar-refractivity contribution in [2.24, 2.45) is 0 Å². The Hall–Kier alpha value is -2.83. The third kappa shape index (κ3) is 2.22. The highest BCUT2D eigenvalue weighted by Crippen LogP contribution is 2.33. The Morgan fingerprint density at radius 2 is 2.10 bits per heavy atom. The molecule has 2 N–H and O–H groups in total. The first-order valence-corrected chi connectivity index (χ1v) is 6.38. The van der Waals surface area contributed by atoms with Crippen molar-refractivity contribution in [1.82, 2.24) is 9.55 Å². The Labute approximate surface area is 118 Å². The van der Waals surface area contributed by atoms with Crippen molar-refractivity contribution >= 4 is 5.97 Å². The molecule has 0 bridgehead atoms. The predicted molar refractivity (Wildman–Crippen MR) is 73.0 cm³/mol. The van der Waals surface area contributed by atoms with Gasteiger partial charge >= 0.3 is 11.7 Å². The van der Waals surface area contributed by atoms with Gasteiger partial charge in [0.2, 0.25) is 0 Å². The van der Waals surface area contributed by atoms with Gasteiger partial charge in [-0.1, -0.05) is 18.2 Å². The number of benzene rings is 1. The summed E-state index contributed by atoms with van der Waals surface area (Å²) in [7, 11) is 0. The van der Waals surface area contributed by atoms with E-state index in [0.29, 0.717) is 18.8 Å². The number of hydrogen-bond donors (Lipinski definition) is 2. The summed E-state index contributed by atoms with van der Waals surface area (Å²) in [5.74, 6) is -0.714. The molecule has 108 valence electrons. The van der Waals surface area contributed by atoms with Gasteiger partial charge in [0.1, 0.15) is 11.3 Å². The minimum atomic E-state index is -1.37. The largest absolute Gasteiger partial charge is 0.493 e. The molecule has 7 heteroatoms. The third-order valence-corrected chi connectivity index (χ3v) is 3.46. The zero-order valence-electron chi connectivity index (χ0n) is 10.9. The van der Waals surface area contributed by atoms with Crippen molar-refractivity contribution in [1.29, 1.82) is 0 Å². The first kappa shape index (κ1) is 13.2. The summed E-state index contributed by atoms with van der Waals surface area (Å²) in [6, 6.07) is 6.87. The van der Waals surface area contributed by atoms with E-state index in [2.05, 4.69) is 0 Å². The van der Waals surface area contributed by atoms with E-state index in [1.165, 1.54) is 4.57 Å². The molecule has 1 unspecified atom stereocenters. The van der Waals surface area contributed by atoms with Crippen molar-refractivity contribution in [2.75, 3.05) is 6.61 Å². The van der Waals surface area contributed by atoms with Gasteiger partial charge in [-0.05, 0) is 6.07 Å². The minimum Gasteiger partial charge on any atom is -0.493 e. The molecule has 3 rings (SSSR count). The molecule has 0 spiro atoms. The second kappa shape index (κ2) is 4.93. The second-order valence-electron chi connectivity index (χ2n) is 4.71. The maximum absolute atomic E-state index is 12.0. The van der Waals surface area contributed by atoms with Crippen LogP contribution in [0, 0.1) is 0 Å². The number of nitrogens with zero attached hydrogens (tertiary/aromatic N) is 1. The van der Waals surface area contributed by atoms with E-state index >= 15 is 0 Å². The standard InChI is InChI=1S/C14H12N2O5/c17-12-9(13(18)19)7-16(14(20)15-12)10-5-6-21-11-4-2-1-3-8(10)11/h1-4,7,10H,5-6H2,(H,18,19)(H,15,17,20). The van der Waals surface area contributed by atoms with Crippen LogP contribution >= 0.6 is 0 Å². The van der Waals surface area contributed by atoms with Crippen LogP contribution in [-0.4, -0.2) is 27.2 Å². The van der Waals surface area contributed by atoms with Gasteiger partial charge in [0.25, 0.3) is 5.56 Å². The van der Waals surface area contributed by atoms with Crippen LogP contribution in [0.1, 0.15) is 28.4 Å². The van der Waals surface area contributed by atoms with Crippen molar-refractivity contribution in [3.8, 4) is 5.75 Å². The first-order valence-electron chi connectivity index (χ1n) is 6.38.